The minimum Gasteiger partial charge on any atom is -0.370 e. The second kappa shape index (κ2) is 6.66. The molecule has 2 aromatic rings. The summed E-state index contributed by atoms with van der Waals surface area (Å²) >= 11 is 0. The SMILES string of the molecule is CCNc1ncnc(Nc2ccc(F)c(C#N)c2)c1CC. The first-order valence-electron chi connectivity index (χ1n) is 6.74. The van der Waals surface area contributed by atoms with Crippen molar-refractivity contribution in [2.45, 2.75) is 20.3 Å². The molecular formula is C15H16FN5. The number of halogens is 1. The average Bonchev–Trinajstić information content (AvgIpc) is 2.50. The molecule has 0 spiro atoms. The number of nitriles is 1. The zero-order chi connectivity index (χ0) is 15.2. The van der Waals surface area contributed by atoms with Gasteiger partial charge in [0.05, 0.1) is 5.56 Å². The van der Waals surface area contributed by atoms with Crippen LogP contribution in [0.1, 0.15) is 25.0 Å². The van der Waals surface area contributed by atoms with Gasteiger partial charge in [-0.25, -0.2) is 14.4 Å². The lowest BCUT2D eigenvalue weighted by atomic mass is 10.2. The van der Waals surface area contributed by atoms with Crippen molar-refractivity contribution in [3.63, 3.8) is 0 Å². The summed E-state index contributed by atoms with van der Waals surface area (Å²) in [6.45, 7) is 4.77. The summed E-state index contributed by atoms with van der Waals surface area (Å²) < 4.78 is 13.3. The lowest BCUT2D eigenvalue weighted by molar-refractivity contribution is 0.624. The van der Waals surface area contributed by atoms with E-state index in [1.807, 2.05) is 19.9 Å². The van der Waals surface area contributed by atoms with Crippen LogP contribution in [-0.2, 0) is 6.42 Å². The first-order chi connectivity index (χ1) is 10.2. The van der Waals surface area contributed by atoms with Crippen LogP contribution in [0.15, 0.2) is 24.5 Å². The van der Waals surface area contributed by atoms with E-state index in [2.05, 4.69) is 20.6 Å². The highest BCUT2D eigenvalue weighted by Crippen LogP contribution is 2.24. The maximum Gasteiger partial charge on any atom is 0.141 e. The van der Waals surface area contributed by atoms with Gasteiger partial charge in [0.15, 0.2) is 0 Å². The maximum atomic E-state index is 13.3. The first kappa shape index (κ1) is 14.7. The summed E-state index contributed by atoms with van der Waals surface area (Å²) in [6, 6.07) is 6.12. The molecule has 0 fully saturated rings. The van der Waals surface area contributed by atoms with Crippen molar-refractivity contribution in [1.29, 1.82) is 5.26 Å². The number of hydrogen-bond donors (Lipinski definition) is 2. The van der Waals surface area contributed by atoms with Gasteiger partial charge in [0.1, 0.15) is 29.8 Å². The predicted octanol–water partition coefficient (Wildman–Crippen LogP) is 3.23. The highest BCUT2D eigenvalue weighted by atomic mass is 19.1. The molecule has 0 unspecified atom stereocenters. The quantitative estimate of drug-likeness (QED) is 0.882. The number of rotatable bonds is 5. The van der Waals surface area contributed by atoms with Gasteiger partial charge in [-0.2, -0.15) is 5.26 Å². The minimum absolute atomic E-state index is 0.000916. The molecule has 0 bridgehead atoms. The minimum atomic E-state index is -0.533. The fourth-order valence-corrected chi connectivity index (χ4v) is 2.00. The van der Waals surface area contributed by atoms with Crippen LogP contribution in [0.2, 0.25) is 0 Å². The third-order valence-electron chi connectivity index (χ3n) is 2.99. The lowest BCUT2D eigenvalue weighted by Gasteiger charge is -2.14. The topological polar surface area (TPSA) is 73.6 Å². The second-order valence-electron chi connectivity index (χ2n) is 4.36. The fourth-order valence-electron chi connectivity index (χ4n) is 2.00. The third-order valence-corrected chi connectivity index (χ3v) is 2.99. The van der Waals surface area contributed by atoms with E-state index in [-0.39, 0.29) is 5.56 Å². The lowest BCUT2D eigenvalue weighted by Crippen LogP contribution is -2.07. The molecular weight excluding hydrogens is 269 g/mol. The zero-order valence-corrected chi connectivity index (χ0v) is 11.9. The van der Waals surface area contributed by atoms with Gasteiger partial charge < -0.3 is 10.6 Å². The molecule has 0 aliphatic heterocycles. The molecule has 0 saturated carbocycles. The number of benzene rings is 1. The molecule has 0 aliphatic carbocycles. The van der Waals surface area contributed by atoms with Crippen molar-refractivity contribution in [2.24, 2.45) is 0 Å². The van der Waals surface area contributed by atoms with E-state index in [4.69, 9.17) is 5.26 Å². The molecule has 108 valence electrons. The molecule has 2 N–H and O–H groups in total. The maximum absolute atomic E-state index is 13.3. The first-order valence-corrected chi connectivity index (χ1v) is 6.74. The van der Waals surface area contributed by atoms with Crippen molar-refractivity contribution in [2.75, 3.05) is 17.2 Å². The van der Waals surface area contributed by atoms with E-state index in [1.54, 1.807) is 6.07 Å². The monoisotopic (exact) mass is 285 g/mol. The summed E-state index contributed by atoms with van der Waals surface area (Å²) in [7, 11) is 0. The van der Waals surface area contributed by atoms with Crippen LogP contribution in [0.25, 0.3) is 0 Å². The van der Waals surface area contributed by atoms with Crippen molar-refractivity contribution < 1.29 is 4.39 Å². The largest absolute Gasteiger partial charge is 0.370 e. The van der Waals surface area contributed by atoms with E-state index in [1.165, 1.54) is 18.5 Å². The van der Waals surface area contributed by atoms with Crippen molar-refractivity contribution >= 4 is 17.3 Å². The van der Waals surface area contributed by atoms with Gasteiger partial charge in [0.25, 0.3) is 0 Å². The number of nitrogens with one attached hydrogen (secondary N) is 2. The Kier molecular flexibility index (Phi) is 4.67. The van der Waals surface area contributed by atoms with Crippen LogP contribution in [0, 0.1) is 17.1 Å². The molecule has 1 heterocycles. The molecule has 0 saturated heterocycles. The van der Waals surface area contributed by atoms with Crippen molar-refractivity contribution in [3.05, 3.63) is 41.5 Å². The molecule has 0 atom stereocenters. The summed E-state index contributed by atoms with van der Waals surface area (Å²) in [4.78, 5) is 8.44. The Morgan fingerprint density at radius 3 is 2.67 bits per heavy atom. The molecule has 0 amide bonds. The fraction of sp³-hybridized carbons (Fsp3) is 0.267. The highest BCUT2D eigenvalue weighted by molar-refractivity contribution is 5.65. The predicted molar refractivity (Wildman–Crippen MR) is 80.0 cm³/mol. The van der Waals surface area contributed by atoms with Crippen LogP contribution in [0.5, 0.6) is 0 Å². The Labute approximate surface area is 122 Å². The van der Waals surface area contributed by atoms with Gasteiger partial charge in [0.2, 0.25) is 0 Å². The Morgan fingerprint density at radius 1 is 1.24 bits per heavy atom. The zero-order valence-electron chi connectivity index (χ0n) is 11.9. The van der Waals surface area contributed by atoms with Crippen LogP contribution >= 0.6 is 0 Å². The van der Waals surface area contributed by atoms with E-state index < -0.39 is 5.82 Å². The van der Waals surface area contributed by atoms with Crippen LogP contribution < -0.4 is 10.6 Å². The van der Waals surface area contributed by atoms with Crippen LogP contribution in [0.4, 0.5) is 21.7 Å². The van der Waals surface area contributed by atoms with Gasteiger partial charge in [0, 0.05) is 17.8 Å². The number of nitrogens with zero attached hydrogens (tertiary/aromatic N) is 3. The molecule has 5 nitrogen and oxygen atoms in total. The molecule has 1 aromatic heterocycles. The Morgan fingerprint density at radius 2 is 2.00 bits per heavy atom. The molecule has 1 aromatic carbocycles. The van der Waals surface area contributed by atoms with Gasteiger partial charge in [-0.15, -0.1) is 0 Å². The Balaban J connectivity index is 2.35. The van der Waals surface area contributed by atoms with E-state index >= 15 is 0 Å². The van der Waals surface area contributed by atoms with Gasteiger partial charge in [-0.1, -0.05) is 6.92 Å². The summed E-state index contributed by atoms with van der Waals surface area (Å²) in [5.74, 6) is 0.897. The van der Waals surface area contributed by atoms with Gasteiger partial charge in [-0.3, -0.25) is 0 Å². The number of aromatic nitrogens is 2. The molecule has 21 heavy (non-hydrogen) atoms. The molecule has 6 heteroatoms. The van der Waals surface area contributed by atoms with E-state index in [0.29, 0.717) is 11.5 Å². The molecule has 2 rings (SSSR count). The van der Waals surface area contributed by atoms with Crippen molar-refractivity contribution in [1.82, 2.24) is 9.97 Å². The summed E-state index contributed by atoms with van der Waals surface area (Å²) in [5.41, 5.74) is 1.56. The second-order valence-corrected chi connectivity index (χ2v) is 4.36. The smallest absolute Gasteiger partial charge is 0.141 e. The summed E-state index contributed by atoms with van der Waals surface area (Å²) in [6.07, 6.45) is 2.21. The number of hydrogen-bond acceptors (Lipinski definition) is 5. The van der Waals surface area contributed by atoms with Crippen molar-refractivity contribution in [3.8, 4) is 6.07 Å². The summed E-state index contributed by atoms with van der Waals surface area (Å²) in [5, 5.41) is 15.2. The van der Waals surface area contributed by atoms with Crippen LogP contribution in [0.3, 0.4) is 0 Å². The molecule has 0 radical (unpaired) electrons. The number of anilines is 3. The van der Waals surface area contributed by atoms with Gasteiger partial charge >= 0.3 is 0 Å². The third kappa shape index (κ3) is 3.26. The Hall–Kier alpha value is -2.68. The Bertz CT molecular complexity index is 678. The normalized spacial score (nSPS) is 10.0. The highest BCUT2D eigenvalue weighted by Gasteiger charge is 2.10. The standard InChI is InChI=1S/C15H16FN5/c1-3-12-14(18-4-2)19-9-20-15(12)21-11-5-6-13(16)10(7-11)8-17/h5-7,9H,3-4H2,1-2H3,(H2,18,19,20,21). The average molecular weight is 285 g/mol. The van der Waals surface area contributed by atoms with Gasteiger partial charge in [-0.05, 0) is 31.5 Å². The van der Waals surface area contributed by atoms with E-state index in [9.17, 15) is 4.39 Å². The van der Waals surface area contributed by atoms with Crippen LogP contribution in [-0.4, -0.2) is 16.5 Å². The molecule has 0 aliphatic rings. The van der Waals surface area contributed by atoms with E-state index in [0.717, 1.165) is 24.3 Å².